The molecular weight excluding hydrogens is 262 g/mol. The third-order valence-corrected chi connectivity index (χ3v) is 4.82. The second kappa shape index (κ2) is 3.81. The lowest BCUT2D eigenvalue weighted by molar-refractivity contribution is 0.606. The van der Waals surface area contributed by atoms with Crippen LogP contribution in [-0.4, -0.2) is 24.8 Å². The number of halogens is 1. The summed E-state index contributed by atoms with van der Waals surface area (Å²) < 4.78 is 22.0. The molecule has 0 aromatic rings. The predicted octanol–water partition coefficient (Wildman–Crippen LogP) is 1.28. The molecule has 1 atom stereocenters. The third-order valence-electron chi connectivity index (χ3n) is 1.42. The average molecular weight is 268 g/mol. The monoisotopic (exact) mass is 267 g/mol. The minimum Gasteiger partial charge on any atom is -0.224 e. The van der Waals surface area contributed by atoms with Crippen LogP contribution in [0.4, 0.5) is 0 Å². The van der Waals surface area contributed by atoms with Crippen molar-refractivity contribution in [3.8, 4) is 5.40 Å². The summed E-state index contributed by atoms with van der Waals surface area (Å²) in [5.41, 5.74) is 0.779. The average Bonchev–Trinajstić information content (AvgIpc) is 2.20. The number of rotatable bonds is 2. The Labute approximate surface area is 83.9 Å². The van der Waals surface area contributed by atoms with Gasteiger partial charge in [0.25, 0.3) is 0 Å². The van der Waals surface area contributed by atoms with Crippen molar-refractivity contribution in [2.24, 2.45) is 0 Å². The zero-order valence-corrected chi connectivity index (χ0v) is 9.25. The highest BCUT2D eigenvalue weighted by Crippen LogP contribution is 2.26. The molecule has 0 radical (unpaired) electrons. The molecule has 0 unspecified atom stereocenters. The van der Waals surface area contributed by atoms with Crippen LogP contribution < -0.4 is 0 Å². The van der Waals surface area contributed by atoms with E-state index < -0.39 is 9.84 Å². The molecule has 1 rings (SSSR count). The van der Waals surface area contributed by atoms with Gasteiger partial charge in [0.15, 0.2) is 9.84 Å². The number of hydrogen-bond donors (Lipinski definition) is 0. The molecule has 0 aliphatic carbocycles. The minimum absolute atomic E-state index is 0.108. The van der Waals surface area contributed by atoms with Crippen molar-refractivity contribution in [3.63, 3.8) is 0 Å². The van der Waals surface area contributed by atoms with E-state index in [4.69, 9.17) is 5.26 Å². The summed E-state index contributed by atoms with van der Waals surface area (Å²) in [6, 6.07) is 0. The molecule has 6 heteroatoms. The van der Waals surface area contributed by atoms with Gasteiger partial charge < -0.3 is 0 Å². The van der Waals surface area contributed by atoms with Crippen LogP contribution in [0, 0.1) is 10.7 Å². The maximum absolute atomic E-state index is 11.0. The Bertz CT molecular complexity index is 341. The predicted molar refractivity (Wildman–Crippen MR) is 52.7 cm³/mol. The van der Waals surface area contributed by atoms with Gasteiger partial charge in [0.05, 0.1) is 10.6 Å². The van der Waals surface area contributed by atoms with Gasteiger partial charge in [0, 0.05) is 11.2 Å². The van der Waals surface area contributed by atoms with Crippen molar-refractivity contribution in [3.05, 3.63) is 11.0 Å². The maximum Gasteiger partial charge on any atom is 0.173 e. The molecule has 1 heterocycles. The number of thiocyanates is 1. The molecule has 0 fully saturated rings. The lowest BCUT2D eigenvalue weighted by Crippen LogP contribution is -2.06. The van der Waals surface area contributed by atoms with E-state index in [1.165, 1.54) is 5.41 Å². The highest BCUT2D eigenvalue weighted by molar-refractivity contribution is 9.09. The van der Waals surface area contributed by atoms with Gasteiger partial charge in [-0.15, -0.1) is 0 Å². The first kappa shape index (κ1) is 10.1. The summed E-state index contributed by atoms with van der Waals surface area (Å²) in [7, 11) is -3.01. The molecule has 0 aromatic carbocycles. The highest BCUT2D eigenvalue weighted by Gasteiger charge is 2.26. The van der Waals surface area contributed by atoms with Crippen LogP contribution in [0.3, 0.4) is 0 Å². The summed E-state index contributed by atoms with van der Waals surface area (Å²) in [4.78, 5) is -0.108. The largest absolute Gasteiger partial charge is 0.224 e. The van der Waals surface area contributed by atoms with E-state index in [1.807, 2.05) is 5.40 Å². The first-order valence-corrected chi connectivity index (χ1v) is 6.75. The van der Waals surface area contributed by atoms with Crippen molar-refractivity contribution in [1.29, 1.82) is 5.26 Å². The second-order valence-electron chi connectivity index (χ2n) is 2.37. The number of thioether (sulfide) groups is 1. The molecular formula is C6H6BrNO2S2. The van der Waals surface area contributed by atoms with E-state index in [0.29, 0.717) is 5.75 Å². The summed E-state index contributed by atoms with van der Waals surface area (Å²) in [5.74, 6) is 0.583. The van der Waals surface area contributed by atoms with E-state index in [-0.39, 0.29) is 10.6 Å². The van der Waals surface area contributed by atoms with Crippen molar-refractivity contribution >= 4 is 37.5 Å². The fraction of sp³-hybridized carbons (Fsp3) is 0.500. The Hall–Kier alpha value is 0.01000. The normalized spacial score (nSPS) is 26.3. The van der Waals surface area contributed by atoms with Gasteiger partial charge in [-0.3, -0.25) is 0 Å². The van der Waals surface area contributed by atoms with Crippen LogP contribution in [0.1, 0.15) is 0 Å². The Morgan fingerprint density at radius 3 is 2.92 bits per heavy atom. The smallest absolute Gasteiger partial charge is 0.173 e. The molecule has 0 N–H and O–H groups in total. The van der Waals surface area contributed by atoms with Gasteiger partial charge in [0.2, 0.25) is 0 Å². The number of sulfone groups is 1. The first-order valence-electron chi connectivity index (χ1n) is 3.13. The molecule has 0 aromatic heterocycles. The van der Waals surface area contributed by atoms with Gasteiger partial charge in [-0.2, -0.15) is 5.26 Å². The van der Waals surface area contributed by atoms with Crippen molar-refractivity contribution in [2.45, 2.75) is 4.83 Å². The van der Waals surface area contributed by atoms with Crippen LogP contribution in [0.25, 0.3) is 0 Å². The number of nitrogens with zero attached hydrogens (tertiary/aromatic N) is 1. The van der Waals surface area contributed by atoms with Crippen LogP contribution in [-0.2, 0) is 9.84 Å². The van der Waals surface area contributed by atoms with Gasteiger partial charge >= 0.3 is 0 Å². The number of hydrogen-bond acceptors (Lipinski definition) is 4. The molecule has 0 bridgehead atoms. The molecule has 0 amide bonds. The summed E-state index contributed by atoms with van der Waals surface area (Å²) in [6.45, 7) is 0. The SMILES string of the molecule is N#CSCC1=CS(=O)(=O)C[C@H]1Br. The van der Waals surface area contributed by atoms with Crippen molar-refractivity contribution in [1.82, 2.24) is 0 Å². The zero-order valence-electron chi connectivity index (χ0n) is 6.03. The molecule has 1 aliphatic heterocycles. The van der Waals surface area contributed by atoms with E-state index in [1.54, 1.807) is 0 Å². The van der Waals surface area contributed by atoms with Gasteiger partial charge in [0.1, 0.15) is 5.40 Å². The van der Waals surface area contributed by atoms with E-state index in [0.717, 1.165) is 17.3 Å². The molecule has 0 saturated carbocycles. The zero-order chi connectivity index (χ0) is 9.19. The molecule has 1 aliphatic rings. The van der Waals surface area contributed by atoms with E-state index >= 15 is 0 Å². The minimum atomic E-state index is -3.01. The van der Waals surface area contributed by atoms with Crippen LogP contribution in [0.15, 0.2) is 11.0 Å². The fourth-order valence-electron chi connectivity index (χ4n) is 0.904. The molecule has 0 spiro atoms. The maximum atomic E-state index is 11.0. The fourth-order valence-corrected chi connectivity index (χ4v) is 4.74. The van der Waals surface area contributed by atoms with Gasteiger partial charge in [-0.1, -0.05) is 15.9 Å². The quantitative estimate of drug-likeness (QED) is 0.559. The number of nitriles is 1. The van der Waals surface area contributed by atoms with Crippen LogP contribution in [0.2, 0.25) is 0 Å². The standard InChI is InChI=1S/C6H6BrNO2S2/c7-6-3-12(9,10)2-5(6)1-11-4-8/h2,6H,1,3H2/t6-/m1/s1. The van der Waals surface area contributed by atoms with Gasteiger partial charge in [-0.25, -0.2) is 8.42 Å². The van der Waals surface area contributed by atoms with E-state index in [9.17, 15) is 8.42 Å². The molecule has 0 saturated heterocycles. The lowest BCUT2D eigenvalue weighted by Gasteiger charge is -2.00. The summed E-state index contributed by atoms with van der Waals surface area (Å²) in [5, 5.41) is 11.4. The first-order chi connectivity index (χ1) is 5.55. The number of alkyl halides is 1. The third kappa shape index (κ3) is 2.51. The highest BCUT2D eigenvalue weighted by atomic mass is 79.9. The summed E-state index contributed by atoms with van der Waals surface area (Å²) in [6.07, 6.45) is 0. The Kier molecular flexibility index (Phi) is 3.21. The second-order valence-corrected chi connectivity index (χ2v) is 6.13. The Morgan fingerprint density at radius 1 is 1.83 bits per heavy atom. The van der Waals surface area contributed by atoms with Crippen LogP contribution >= 0.6 is 27.7 Å². The topological polar surface area (TPSA) is 57.9 Å². The summed E-state index contributed by atoms with van der Waals surface area (Å²) >= 11 is 4.29. The van der Waals surface area contributed by atoms with Crippen molar-refractivity contribution in [2.75, 3.05) is 11.5 Å². The Morgan fingerprint density at radius 2 is 2.50 bits per heavy atom. The lowest BCUT2D eigenvalue weighted by atomic mass is 10.3. The molecule has 66 valence electrons. The molecule has 3 nitrogen and oxygen atoms in total. The Balaban J connectivity index is 2.72. The van der Waals surface area contributed by atoms with Crippen LogP contribution in [0.5, 0.6) is 0 Å². The molecule has 12 heavy (non-hydrogen) atoms. The van der Waals surface area contributed by atoms with Gasteiger partial charge in [-0.05, 0) is 17.3 Å². The van der Waals surface area contributed by atoms with Crippen molar-refractivity contribution < 1.29 is 8.42 Å². The van der Waals surface area contributed by atoms with E-state index in [2.05, 4.69) is 15.9 Å².